The summed E-state index contributed by atoms with van der Waals surface area (Å²) in [6.45, 7) is 3.96. The number of oxazole rings is 1. The van der Waals surface area contributed by atoms with Gasteiger partial charge in [0, 0.05) is 33.7 Å². The van der Waals surface area contributed by atoms with Gasteiger partial charge in [0.25, 0.3) is 0 Å². The Morgan fingerprint density at radius 2 is 2.00 bits per heavy atom. The summed E-state index contributed by atoms with van der Waals surface area (Å²) in [6.07, 6.45) is 2.47. The van der Waals surface area contributed by atoms with Gasteiger partial charge in [-0.1, -0.05) is 0 Å². The van der Waals surface area contributed by atoms with Crippen molar-refractivity contribution >= 4 is 0 Å². The van der Waals surface area contributed by atoms with Crippen LogP contribution in [-0.4, -0.2) is 52.1 Å². The number of rotatable bonds is 11. The van der Waals surface area contributed by atoms with Gasteiger partial charge in [-0.3, -0.25) is 0 Å². The molecule has 0 fully saturated rings. The van der Waals surface area contributed by atoms with Crippen molar-refractivity contribution in [2.45, 2.75) is 13.0 Å². The lowest BCUT2D eigenvalue weighted by Gasteiger charge is -2.01. The minimum Gasteiger partial charge on any atom is -0.443 e. The number of hydrogen-bond donors (Lipinski definition) is 1. The molecule has 104 valence electrons. The Morgan fingerprint density at radius 1 is 1.17 bits per heavy atom. The van der Waals surface area contributed by atoms with Crippen LogP contribution in [0.2, 0.25) is 0 Å². The first-order valence-electron chi connectivity index (χ1n) is 6.06. The van der Waals surface area contributed by atoms with Gasteiger partial charge in [-0.2, -0.15) is 0 Å². The van der Waals surface area contributed by atoms with Crippen molar-refractivity contribution < 1.29 is 18.6 Å². The van der Waals surface area contributed by atoms with Gasteiger partial charge in [0.15, 0.2) is 5.89 Å². The van der Waals surface area contributed by atoms with E-state index in [-0.39, 0.29) is 0 Å². The van der Waals surface area contributed by atoms with Gasteiger partial charge in [0.1, 0.15) is 12.4 Å². The van der Waals surface area contributed by atoms with Gasteiger partial charge in [-0.15, -0.1) is 0 Å². The quantitative estimate of drug-likeness (QED) is 0.587. The summed E-state index contributed by atoms with van der Waals surface area (Å²) in [5.41, 5.74) is 0. The summed E-state index contributed by atoms with van der Waals surface area (Å²) < 4.78 is 20.7. The molecule has 0 atom stereocenters. The molecule has 18 heavy (non-hydrogen) atoms. The Hall–Kier alpha value is -0.950. The van der Waals surface area contributed by atoms with Crippen molar-refractivity contribution in [1.82, 2.24) is 10.3 Å². The smallest absolute Gasteiger partial charge is 0.195 e. The van der Waals surface area contributed by atoms with Crippen molar-refractivity contribution in [3.05, 3.63) is 17.8 Å². The lowest BCUT2D eigenvalue weighted by atomic mass is 10.4. The Morgan fingerprint density at radius 3 is 2.78 bits per heavy atom. The zero-order valence-corrected chi connectivity index (χ0v) is 11.1. The molecule has 0 aliphatic carbocycles. The van der Waals surface area contributed by atoms with E-state index in [1.54, 1.807) is 20.4 Å². The summed E-state index contributed by atoms with van der Waals surface area (Å²) in [4.78, 5) is 4.18. The fourth-order valence-electron chi connectivity index (χ4n) is 1.34. The Bertz CT molecular complexity index is 304. The van der Waals surface area contributed by atoms with Crippen molar-refractivity contribution in [3.8, 4) is 0 Å². The molecule has 0 unspecified atom stereocenters. The second kappa shape index (κ2) is 10.0. The van der Waals surface area contributed by atoms with Crippen molar-refractivity contribution in [3.63, 3.8) is 0 Å². The normalized spacial score (nSPS) is 11.0. The molecule has 1 rings (SSSR count). The fraction of sp³-hybridized carbons (Fsp3) is 0.750. The molecule has 0 saturated heterocycles. The summed E-state index contributed by atoms with van der Waals surface area (Å²) in [5, 5.41) is 3.23. The first kappa shape index (κ1) is 15.1. The van der Waals surface area contributed by atoms with Gasteiger partial charge in [-0.25, -0.2) is 4.98 Å². The molecule has 6 heteroatoms. The van der Waals surface area contributed by atoms with Crippen LogP contribution in [0, 0.1) is 0 Å². The largest absolute Gasteiger partial charge is 0.443 e. The number of methoxy groups -OCH3 is 2. The zero-order valence-electron chi connectivity index (χ0n) is 11.1. The molecule has 0 radical (unpaired) electrons. The fourth-order valence-corrected chi connectivity index (χ4v) is 1.34. The molecule has 6 nitrogen and oxygen atoms in total. The maximum atomic E-state index is 5.52. The second-order valence-corrected chi connectivity index (χ2v) is 3.76. The van der Waals surface area contributed by atoms with Crippen LogP contribution in [0.5, 0.6) is 0 Å². The van der Waals surface area contributed by atoms with Crippen LogP contribution in [0.4, 0.5) is 0 Å². The van der Waals surface area contributed by atoms with Crippen molar-refractivity contribution in [2.75, 3.05) is 47.1 Å². The number of nitrogens with zero attached hydrogens (tertiary/aromatic N) is 1. The lowest BCUT2D eigenvalue weighted by molar-refractivity contribution is 0.0534. The first-order valence-corrected chi connectivity index (χ1v) is 6.06. The standard InChI is InChI=1S/C12H22N2O4/c1-15-6-5-13-4-3-12-14-9-11(18-12)10-17-8-7-16-2/h9,13H,3-8,10H2,1-2H3. The summed E-state index contributed by atoms with van der Waals surface area (Å²) in [7, 11) is 3.33. The molecular weight excluding hydrogens is 236 g/mol. The predicted molar refractivity (Wildman–Crippen MR) is 66.5 cm³/mol. The Balaban J connectivity index is 2.10. The molecular formula is C12H22N2O4. The van der Waals surface area contributed by atoms with Crippen LogP contribution >= 0.6 is 0 Å². The van der Waals surface area contributed by atoms with E-state index in [0.717, 1.165) is 31.2 Å². The third-order valence-electron chi connectivity index (χ3n) is 2.28. The van der Waals surface area contributed by atoms with Crippen LogP contribution in [0.15, 0.2) is 10.6 Å². The molecule has 0 saturated carbocycles. The number of hydrogen-bond acceptors (Lipinski definition) is 6. The monoisotopic (exact) mass is 258 g/mol. The van der Waals surface area contributed by atoms with E-state index in [4.69, 9.17) is 18.6 Å². The van der Waals surface area contributed by atoms with Crippen LogP contribution < -0.4 is 5.32 Å². The lowest BCUT2D eigenvalue weighted by Crippen LogP contribution is -2.21. The van der Waals surface area contributed by atoms with Gasteiger partial charge < -0.3 is 23.9 Å². The van der Waals surface area contributed by atoms with Crippen LogP contribution in [-0.2, 0) is 27.2 Å². The molecule has 0 bridgehead atoms. The number of nitrogens with one attached hydrogen (secondary N) is 1. The molecule has 1 heterocycles. The third kappa shape index (κ3) is 6.70. The molecule has 1 N–H and O–H groups in total. The van der Waals surface area contributed by atoms with E-state index < -0.39 is 0 Å². The van der Waals surface area contributed by atoms with E-state index in [0.29, 0.717) is 26.4 Å². The van der Waals surface area contributed by atoms with Crippen molar-refractivity contribution in [1.29, 1.82) is 0 Å². The van der Waals surface area contributed by atoms with E-state index in [9.17, 15) is 0 Å². The predicted octanol–water partition coefficient (Wildman–Crippen LogP) is 0.616. The highest BCUT2D eigenvalue weighted by molar-refractivity contribution is 4.92. The summed E-state index contributed by atoms with van der Waals surface area (Å²) in [5.74, 6) is 1.48. The van der Waals surface area contributed by atoms with E-state index >= 15 is 0 Å². The third-order valence-corrected chi connectivity index (χ3v) is 2.28. The van der Waals surface area contributed by atoms with E-state index in [1.807, 2.05) is 0 Å². The minimum atomic E-state index is 0.438. The molecule has 0 aliphatic rings. The Kier molecular flexibility index (Phi) is 8.41. The van der Waals surface area contributed by atoms with E-state index in [2.05, 4.69) is 10.3 Å². The average molecular weight is 258 g/mol. The van der Waals surface area contributed by atoms with Crippen LogP contribution in [0.1, 0.15) is 11.7 Å². The molecule has 0 spiro atoms. The molecule has 0 aliphatic heterocycles. The maximum Gasteiger partial charge on any atom is 0.195 e. The molecule has 1 aromatic rings. The van der Waals surface area contributed by atoms with Crippen LogP contribution in [0.25, 0.3) is 0 Å². The maximum absolute atomic E-state index is 5.52. The average Bonchev–Trinajstić information content (AvgIpc) is 2.82. The van der Waals surface area contributed by atoms with Crippen molar-refractivity contribution in [2.24, 2.45) is 0 Å². The van der Waals surface area contributed by atoms with Gasteiger partial charge in [-0.05, 0) is 0 Å². The minimum absolute atomic E-state index is 0.438. The number of aromatic nitrogens is 1. The van der Waals surface area contributed by atoms with Gasteiger partial charge in [0.05, 0.1) is 26.0 Å². The van der Waals surface area contributed by atoms with E-state index in [1.165, 1.54) is 0 Å². The van der Waals surface area contributed by atoms with Gasteiger partial charge in [0.2, 0.25) is 0 Å². The zero-order chi connectivity index (χ0) is 13.1. The van der Waals surface area contributed by atoms with Gasteiger partial charge >= 0.3 is 0 Å². The highest BCUT2D eigenvalue weighted by Gasteiger charge is 2.03. The molecule has 0 amide bonds. The highest BCUT2D eigenvalue weighted by Crippen LogP contribution is 2.05. The van der Waals surface area contributed by atoms with Crippen LogP contribution in [0.3, 0.4) is 0 Å². The molecule has 0 aromatic carbocycles. The Labute approximate surface area is 108 Å². The first-order chi connectivity index (χ1) is 8.86. The number of ether oxygens (including phenoxy) is 3. The molecule has 1 aromatic heterocycles. The summed E-state index contributed by atoms with van der Waals surface area (Å²) >= 11 is 0. The summed E-state index contributed by atoms with van der Waals surface area (Å²) in [6, 6.07) is 0. The second-order valence-electron chi connectivity index (χ2n) is 3.76. The SMILES string of the molecule is COCCNCCc1ncc(COCCOC)o1. The topological polar surface area (TPSA) is 65.8 Å². The highest BCUT2D eigenvalue weighted by atomic mass is 16.5.